The maximum atomic E-state index is 10.6. The number of hydrogen-bond acceptors (Lipinski definition) is 3. The molecule has 0 radical (unpaired) electrons. The molecule has 0 aliphatic rings. The molecule has 1 N–H and O–H groups in total. The van der Waals surface area contributed by atoms with Gasteiger partial charge < -0.3 is 9.52 Å². The summed E-state index contributed by atoms with van der Waals surface area (Å²) < 4.78 is 5.09. The molecule has 4 heteroatoms. The van der Waals surface area contributed by atoms with Crippen LogP contribution >= 0.6 is 0 Å². The Morgan fingerprint density at radius 1 is 1.50 bits per heavy atom. The van der Waals surface area contributed by atoms with E-state index in [1.807, 2.05) is 0 Å². The predicted molar refractivity (Wildman–Crippen MR) is 48.9 cm³/mol. The number of pyridine rings is 1. The lowest BCUT2D eigenvalue weighted by molar-refractivity contribution is 0.0696. The lowest BCUT2D eigenvalue weighted by Gasteiger charge is -1.92. The van der Waals surface area contributed by atoms with E-state index in [2.05, 4.69) is 4.98 Å². The van der Waals surface area contributed by atoms with Crippen LogP contribution in [-0.2, 0) is 0 Å². The smallest absolute Gasteiger partial charge is 0.338 e. The Bertz CT molecular complexity index is 447. The summed E-state index contributed by atoms with van der Waals surface area (Å²) in [6, 6.07) is 5.04. The third kappa shape index (κ3) is 1.50. The van der Waals surface area contributed by atoms with E-state index < -0.39 is 5.97 Å². The standard InChI is InChI=1S/C10H7NO3/c12-10(13)8-4-9(14-6-8)7-2-1-3-11-5-7/h1-6H,(H,12,13). The normalized spacial score (nSPS) is 10.0. The molecule has 2 aromatic heterocycles. The zero-order valence-electron chi connectivity index (χ0n) is 7.18. The fraction of sp³-hybridized carbons (Fsp3) is 0. The van der Waals surface area contributed by atoms with Crippen molar-refractivity contribution in [2.75, 3.05) is 0 Å². The summed E-state index contributed by atoms with van der Waals surface area (Å²) in [6.07, 6.45) is 4.47. The van der Waals surface area contributed by atoms with E-state index in [1.54, 1.807) is 24.5 Å². The molecule has 2 heterocycles. The van der Waals surface area contributed by atoms with E-state index in [0.29, 0.717) is 5.76 Å². The van der Waals surface area contributed by atoms with Crippen molar-refractivity contribution in [1.29, 1.82) is 0 Å². The second-order valence-electron chi connectivity index (χ2n) is 2.75. The number of furan rings is 1. The van der Waals surface area contributed by atoms with Crippen LogP contribution in [0.5, 0.6) is 0 Å². The summed E-state index contributed by atoms with van der Waals surface area (Å²) in [5.74, 6) is -0.487. The summed E-state index contributed by atoms with van der Waals surface area (Å²) in [4.78, 5) is 14.5. The van der Waals surface area contributed by atoms with Crippen LogP contribution in [0.4, 0.5) is 0 Å². The van der Waals surface area contributed by atoms with Crippen LogP contribution in [0.3, 0.4) is 0 Å². The average molecular weight is 189 g/mol. The Kier molecular flexibility index (Phi) is 2.02. The molecule has 0 aromatic carbocycles. The maximum Gasteiger partial charge on any atom is 0.338 e. The monoisotopic (exact) mass is 189 g/mol. The Labute approximate surface area is 79.8 Å². The Morgan fingerprint density at radius 3 is 2.93 bits per heavy atom. The van der Waals surface area contributed by atoms with Gasteiger partial charge in [0, 0.05) is 18.0 Å². The van der Waals surface area contributed by atoms with Crippen molar-refractivity contribution in [3.63, 3.8) is 0 Å². The molecule has 0 saturated heterocycles. The largest absolute Gasteiger partial charge is 0.478 e. The van der Waals surface area contributed by atoms with Gasteiger partial charge in [0.15, 0.2) is 0 Å². The third-order valence-corrected chi connectivity index (χ3v) is 1.79. The quantitative estimate of drug-likeness (QED) is 0.785. The molecule has 0 amide bonds. The predicted octanol–water partition coefficient (Wildman–Crippen LogP) is 2.04. The molecule has 0 aliphatic carbocycles. The fourth-order valence-corrected chi connectivity index (χ4v) is 1.11. The molecule has 0 unspecified atom stereocenters. The number of carboxylic acids is 1. The minimum absolute atomic E-state index is 0.142. The van der Waals surface area contributed by atoms with Gasteiger partial charge in [0.1, 0.15) is 12.0 Å². The van der Waals surface area contributed by atoms with Crippen LogP contribution in [-0.4, -0.2) is 16.1 Å². The number of aromatic carboxylic acids is 1. The van der Waals surface area contributed by atoms with Crippen molar-refractivity contribution in [2.45, 2.75) is 0 Å². The van der Waals surface area contributed by atoms with Gasteiger partial charge in [-0.15, -0.1) is 0 Å². The van der Waals surface area contributed by atoms with Gasteiger partial charge in [0.25, 0.3) is 0 Å². The van der Waals surface area contributed by atoms with E-state index in [1.165, 1.54) is 12.3 Å². The van der Waals surface area contributed by atoms with Crippen molar-refractivity contribution < 1.29 is 14.3 Å². The van der Waals surface area contributed by atoms with Gasteiger partial charge in [-0.1, -0.05) is 0 Å². The highest BCUT2D eigenvalue weighted by Crippen LogP contribution is 2.20. The first-order valence-electron chi connectivity index (χ1n) is 3.99. The average Bonchev–Trinajstić information content (AvgIpc) is 2.68. The van der Waals surface area contributed by atoms with Gasteiger partial charge >= 0.3 is 5.97 Å². The summed E-state index contributed by atoms with van der Waals surface area (Å²) in [5, 5.41) is 8.67. The molecule has 70 valence electrons. The summed E-state index contributed by atoms with van der Waals surface area (Å²) in [6.45, 7) is 0. The molecule has 0 fully saturated rings. The van der Waals surface area contributed by atoms with E-state index in [-0.39, 0.29) is 5.56 Å². The molecule has 0 saturated carbocycles. The minimum atomic E-state index is -0.996. The molecule has 2 aromatic rings. The van der Waals surface area contributed by atoms with E-state index in [4.69, 9.17) is 9.52 Å². The van der Waals surface area contributed by atoms with E-state index in [0.717, 1.165) is 5.56 Å². The molecule has 4 nitrogen and oxygen atoms in total. The number of hydrogen-bond donors (Lipinski definition) is 1. The fourth-order valence-electron chi connectivity index (χ4n) is 1.11. The number of carbonyl (C=O) groups is 1. The lowest BCUT2D eigenvalue weighted by atomic mass is 10.2. The van der Waals surface area contributed by atoms with E-state index >= 15 is 0 Å². The van der Waals surface area contributed by atoms with Gasteiger partial charge in [0.2, 0.25) is 0 Å². The first-order valence-corrected chi connectivity index (χ1v) is 3.99. The molecule has 0 aliphatic heterocycles. The maximum absolute atomic E-state index is 10.6. The molecule has 0 atom stereocenters. The summed E-state index contributed by atoms with van der Waals surface area (Å²) in [5.41, 5.74) is 0.906. The number of carboxylic acid groups (broad SMARTS) is 1. The van der Waals surface area contributed by atoms with Gasteiger partial charge in [-0.3, -0.25) is 4.98 Å². The van der Waals surface area contributed by atoms with Crippen molar-refractivity contribution in [1.82, 2.24) is 4.98 Å². The van der Waals surface area contributed by atoms with Crippen molar-refractivity contribution >= 4 is 5.97 Å². The second-order valence-corrected chi connectivity index (χ2v) is 2.75. The van der Waals surface area contributed by atoms with Crippen LogP contribution in [0.25, 0.3) is 11.3 Å². The molecule has 0 spiro atoms. The first-order chi connectivity index (χ1) is 6.77. The number of rotatable bonds is 2. The molecule has 0 bridgehead atoms. The van der Waals surface area contributed by atoms with Crippen molar-refractivity contribution in [3.8, 4) is 11.3 Å². The molecular weight excluding hydrogens is 182 g/mol. The lowest BCUT2D eigenvalue weighted by Crippen LogP contribution is -1.91. The minimum Gasteiger partial charge on any atom is -0.478 e. The van der Waals surface area contributed by atoms with Crippen molar-refractivity contribution in [2.24, 2.45) is 0 Å². The zero-order valence-corrected chi connectivity index (χ0v) is 7.18. The Hall–Kier alpha value is -2.10. The van der Waals surface area contributed by atoms with Gasteiger partial charge in [-0.05, 0) is 18.2 Å². The Morgan fingerprint density at radius 2 is 2.36 bits per heavy atom. The van der Waals surface area contributed by atoms with Crippen molar-refractivity contribution in [3.05, 3.63) is 42.4 Å². The topological polar surface area (TPSA) is 63.3 Å². The molecule has 14 heavy (non-hydrogen) atoms. The SMILES string of the molecule is O=C(O)c1coc(-c2cccnc2)c1. The molecule has 2 rings (SSSR count). The highest BCUT2D eigenvalue weighted by Gasteiger charge is 2.09. The van der Waals surface area contributed by atoms with Gasteiger partial charge in [-0.25, -0.2) is 4.79 Å². The number of nitrogens with zero attached hydrogens (tertiary/aromatic N) is 1. The van der Waals surface area contributed by atoms with Gasteiger partial charge in [0.05, 0.1) is 5.56 Å². The van der Waals surface area contributed by atoms with Crippen LogP contribution in [0, 0.1) is 0 Å². The van der Waals surface area contributed by atoms with Crippen LogP contribution < -0.4 is 0 Å². The zero-order chi connectivity index (χ0) is 9.97. The first kappa shape index (κ1) is 8.50. The highest BCUT2D eigenvalue weighted by molar-refractivity contribution is 5.88. The van der Waals surface area contributed by atoms with Gasteiger partial charge in [-0.2, -0.15) is 0 Å². The molecular formula is C10H7NO3. The van der Waals surface area contributed by atoms with Crippen LogP contribution in [0.15, 0.2) is 41.3 Å². The summed E-state index contributed by atoms with van der Waals surface area (Å²) in [7, 11) is 0. The summed E-state index contributed by atoms with van der Waals surface area (Å²) >= 11 is 0. The van der Waals surface area contributed by atoms with Crippen LogP contribution in [0.2, 0.25) is 0 Å². The van der Waals surface area contributed by atoms with E-state index in [9.17, 15) is 4.79 Å². The third-order valence-electron chi connectivity index (χ3n) is 1.79. The van der Waals surface area contributed by atoms with Crippen LogP contribution in [0.1, 0.15) is 10.4 Å². The second kappa shape index (κ2) is 3.33. The highest BCUT2D eigenvalue weighted by atomic mass is 16.4. The Balaban J connectivity index is 2.39. The number of aromatic nitrogens is 1.